The Morgan fingerprint density at radius 3 is 2.83 bits per heavy atom. The first kappa shape index (κ1) is 15.5. The largest absolute Gasteiger partial charge is 0.354 e. The van der Waals surface area contributed by atoms with E-state index in [1.54, 1.807) is 22.9 Å². The molecule has 0 fully saturated rings. The van der Waals surface area contributed by atoms with Crippen LogP contribution in [-0.4, -0.2) is 32.6 Å². The summed E-state index contributed by atoms with van der Waals surface area (Å²) in [6.45, 7) is 1.70. The standard InChI is InChI=1S/C15H17ClN6O/c16-11-4-2-10(3-5-11)9-22-13-12(20-15(22)23)8-19-14(21-13)18-7-1-6-17/h2-5,8H,1,6-7,9,17H2,(H,20,23)(H,18,19,21). The molecule has 0 aliphatic rings. The van der Waals surface area contributed by atoms with Gasteiger partial charge in [-0.3, -0.25) is 4.57 Å². The Balaban J connectivity index is 1.91. The number of aromatic amines is 1. The molecule has 0 radical (unpaired) electrons. The number of rotatable bonds is 6. The van der Waals surface area contributed by atoms with Gasteiger partial charge in [-0.15, -0.1) is 0 Å². The minimum Gasteiger partial charge on any atom is -0.354 e. The van der Waals surface area contributed by atoms with E-state index in [-0.39, 0.29) is 5.69 Å². The van der Waals surface area contributed by atoms with Crippen molar-refractivity contribution in [3.63, 3.8) is 0 Å². The summed E-state index contributed by atoms with van der Waals surface area (Å²) in [6.07, 6.45) is 2.43. The number of anilines is 1. The number of aromatic nitrogens is 4. The highest BCUT2D eigenvalue weighted by molar-refractivity contribution is 6.30. The summed E-state index contributed by atoms with van der Waals surface area (Å²) in [6, 6.07) is 7.36. The molecule has 0 unspecified atom stereocenters. The molecule has 0 aliphatic carbocycles. The third-order valence-corrected chi connectivity index (χ3v) is 3.68. The summed E-state index contributed by atoms with van der Waals surface area (Å²) < 4.78 is 1.58. The first-order valence-corrected chi connectivity index (χ1v) is 7.69. The van der Waals surface area contributed by atoms with E-state index in [2.05, 4.69) is 20.3 Å². The van der Waals surface area contributed by atoms with Crippen LogP contribution in [0.25, 0.3) is 11.2 Å². The predicted molar refractivity (Wildman–Crippen MR) is 90.9 cm³/mol. The first-order valence-electron chi connectivity index (χ1n) is 7.31. The van der Waals surface area contributed by atoms with Crippen molar-refractivity contribution in [2.45, 2.75) is 13.0 Å². The average Bonchev–Trinajstić information content (AvgIpc) is 2.85. The third-order valence-electron chi connectivity index (χ3n) is 3.43. The van der Waals surface area contributed by atoms with E-state index in [0.29, 0.717) is 41.8 Å². The van der Waals surface area contributed by atoms with Crippen LogP contribution in [0.5, 0.6) is 0 Å². The lowest BCUT2D eigenvalue weighted by Gasteiger charge is -2.06. The summed E-state index contributed by atoms with van der Waals surface area (Å²) in [5.74, 6) is 0.481. The van der Waals surface area contributed by atoms with Crippen molar-refractivity contribution in [3.8, 4) is 0 Å². The van der Waals surface area contributed by atoms with Crippen molar-refractivity contribution < 1.29 is 0 Å². The summed E-state index contributed by atoms with van der Waals surface area (Å²) in [7, 11) is 0. The molecule has 0 saturated carbocycles. The maximum Gasteiger partial charge on any atom is 0.328 e. The van der Waals surface area contributed by atoms with Gasteiger partial charge >= 0.3 is 5.69 Å². The third kappa shape index (κ3) is 3.52. The molecule has 0 spiro atoms. The molecular formula is C15H17ClN6O. The van der Waals surface area contributed by atoms with Crippen LogP contribution in [0, 0.1) is 0 Å². The van der Waals surface area contributed by atoms with Gasteiger partial charge in [-0.25, -0.2) is 9.78 Å². The zero-order chi connectivity index (χ0) is 16.2. The molecule has 7 nitrogen and oxygen atoms in total. The van der Waals surface area contributed by atoms with Crippen molar-refractivity contribution >= 4 is 28.7 Å². The lowest BCUT2D eigenvalue weighted by atomic mass is 10.2. The Hall–Kier alpha value is -2.38. The summed E-state index contributed by atoms with van der Waals surface area (Å²) >= 11 is 5.89. The lowest BCUT2D eigenvalue weighted by Crippen LogP contribution is -2.18. The first-order chi connectivity index (χ1) is 11.2. The van der Waals surface area contributed by atoms with Crippen molar-refractivity contribution in [1.29, 1.82) is 0 Å². The van der Waals surface area contributed by atoms with Gasteiger partial charge in [-0.2, -0.15) is 4.98 Å². The van der Waals surface area contributed by atoms with Crippen LogP contribution in [0.1, 0.15) is 12.0 Å². The quantitative estimate of drug-likeness (QED) is 0.595. The molecule has 2 aromatic heterocycles. The van der Waals surface area contributed by atoms with E-state index in [1.165, 1.54) is 0 Å². The Morgan fingerprint density at radius 1 is 1.30 bits per heavy atom. The molecule has 8 heteroatoms. The average molecular weight is 333 g/mol. The second-order valence-corrected chi connectivity index (χ2v) is 5.58. The molecule has 120 valence electrons. The normalized spacial score (nSPS) is 11.0. The van der Waals surface area contributed by atoms with Crippen LogP contribution in [-0.2, 0) is 6.54 Å². The number of hydrogen-bond acceptors (Lipinski definition) is 5. The number of nitrogens with one attached hydrogen (secondary N) is 2. The number of H-pyrrole nitrogens is 1. The van der Waals surface area contributed by atoms with Crippen molar-refractivity contribution in [2.24, 2.45) is 5.73 Å². The van der Waals surface area contributed by atoms with E-state index in [9.17, 15) is 4.79 Å². The van der Waals surface area contributed by atoms with Crippen LogP contribution in [0.3, 0.4) is 0 Å². The highest BCUT2D eigenvalue weighted by atomic mass is 35.5. The smallest absolute Gasteiger partial charge is 0.328 e. The van der Waals surface area contributed by atoms with Gasteiger partial charge in [0.15, 0.2) is 5.65 Å². The zero-order valence-electron chi connectivity index (χ0n) is 12.4. The van der Waals surface area contributed by atoms with Gasteiger partial charge < -0.3 is 16.0 Å². The molecule has 0 amide bonds. The van der Waals surface area contributed by atoms with Gasteiger partial charge in [0.1, 0.15) is 5.52 Å². The lowest BCUT2D eigenvalue weighted by molar-refractivity contribution is 0.777. The topological polar surface area (TPSA) is 102 Å². The van der Waals surface area contributed by atoms with E-state index in [1.807, 2.05) is 12.1 Å². The molecule has 2 heterocycles. The molecule has 0 atom stereocenters. The number of imidazole rings is 1. The second kappa shape index (κ2) is 6.80. The van der Waals surface area contributed by atoms with Crippen LogP contribution in [0.4, 0.5) is 5.95 Å². The van der Waals surface area contributed by atoms with Crippen LogP contribution in [0.2, 0.25) is 5.02 Å². The number of hydrogen-bond donors (Lipinski definition) is 3. The summed E-state index contributed by atoms with van der Waals surface area (Å²) in [4.78, 5) is 23.5. The molecule has 0 saturated heterocycles. The highest BCUT2D eigenvalue weighted by Gasteiger charge is 2.10. The Bertz CT molecular complexity index is 855. The monoisotopic (exact) mass is 332 g/mol. The number of halogens is 1. The van der Waals surface area contributed by atoms with Crippen LogP contribution in [0.15, 0.2) is 35.3 Å². The Kier molecular flexibility index (Phi) is 4.59. The fraction of sp³-hybridized carbons (Fsp3) is 0.267. The minimum atomic E-state index is -0.219. The van der Waals surface area contributed by atoms with E-state index >= 15 is 0 Å². The molecular weight excluding hydrogens is 316 g/mol. The molecule has 0 bridgehead atoms. The highest BCUT2D eigenvalue weighted by Crippen LogP contribution is 2.13. The fourth-order valence-electron chi connectivity index (χ4n) is 2.25. The predicted octanol–water partition coefficient (Wildman–Crippen LogP) is 1.58. The van der Waals surface area contributed by atoms with Gasteiger partial charge in [0.25, 0.3) is 0 Å². The maximum absolute atomic E-state index is 12.2. The van der Waals surface area contributed by atoms with Gasteiger partial charge in [0, 0.05) is 11.6 Å². The molecule has 0 aliphatic heterocycles. The maximum atomic E-state index is 12.2. The van der Waals surface area contributed by atoms with Crippen molar-refractivity contribution in [1.82, 2.24) is 19.5 Å². The number of fused-ring (bicyclic) bond motifs is 1. The van der Waals surface area contributed by atoms with Gasteiger partial charge in [0.2, 0.25) is 5.95 Å². The zero-order valence-corrected chi connectivity index (χ0v) is 13.2. The Labute approximate surface area is 137 Å². The summed E-state index contributed by atoms with van der Waals surface area (Å²) in [5.41, 5.74) is 7.38. The van der Waals surface area contributed by atoms with Crippen LogP contribution < -0.4 is 16.7 Å². The molecule has 4 N–H and O–H groups in total. The second-order valence-electron chi connectivity index (χ2n) is 5.14. The number of benzene rings is 1. The fourth-order valence-corrected chi connectivity index (χ4v) is 2.38. The minimum absolute atomic E-state index is 0.219. The van der Waals surface area contributed by atoms with Gasteiger partial charge in [-0.1, -0.05) is 23.7 Å². The number of nitrogens with zero attached hydrogens (tertiary/aromatic N) is 3. The van der Waals surface area contributed by atoms with Crippen molar-refractivity contribution in [2.75, 3.05) is 18.4 Å². The molecule has 3 rings (SSSR count). The van der Waals surface area contributed by atoms with E-state index in [0.717, 1.165) is 12.0 Å². The van der Waals surface area contributed by atoms with Gasteiger partial charge in [-0.05, 0) is 30.7 Å². The van der Waals surface area contributed by atoms with Crippen molar-refractivity contribution in [3.05, 3.63) is 51.5 Å². The Morgan fingerprint density at radius 2 is 2.09 bits per heavy atom. The van der Waals surface area contributed by atoms with E-state index in [4.69, 9.17) is 17.3 Å². The molecule has 23 heavy (non-hydrogen) atoms. The molecule has 3 aromatic rings. The van der Waals surface area contributed by atoms with Crippen LogP contribution >= 0.6 is 11.6 Å². The molecule has 1 aromatic carbocycles. The van der Waals surface area contributed by atoms with E-state index < -0.39 is 0 Å². The summed E-state index contributed by atoms with van der Waals surface area (Å²) in [5, 5.41) is 3.76. The number of nitrogens with two attached hydrogens (primary N) is 1. The van der Waals surface area contributed by atoms with Gasteiger partial charge in [0.05, 0.1) is 12.7 Å². The SMILES string of the molecule is NCCCNc1ncc2[nH]c(=O)n(Cc3ccc(Cl)cc3)c2n1.